The number of anilines is 1. The topological polar surface area (TPSA) is 84.4 Å². The molecule has 0 saturated heterocycles. The Morgan fingerprint density at radius 2 is 2.24 bits per heavy atom. The van der Waals surface area contributed by atoms with Crippen molar-refractivity contribution in [3.8, 4) is 0 Å². The molecule has 6 nitrogen and oxygen atoms in total. The predicted molar refractivity (Wildman–Crippen MR) is 82.7 cm³/mol. The first-order chi connectivity index (χ1) is 9.97. The van der Waals surface area contributed by atoms with Crippen molar-refractivity contribution in [2.45, 2.75) is 33.4 Å². The highest BCUT2D eigenvalue weighted by molar-refractivity contribution is 5.78. The molecule has 0 atom stereocenters. The Morgan fingerprint density at radius 3 is 2.90 bits per heavy atom. The summed E-state index contributed by atoms with van der Waals surface area (Å²) in [6.07, 6.45) is 0. The molecule has 1 amide bonds. The fourth-order valence-corrected chi connectivity index (χ4v) is 2.10. The molecule has 0 bridgehead atoms. The highest BCUT2D eigenvalue weighted by Crippen LogP contribution is 2.19. The van der Waals surface area contributed by atoms with E-state index in [-0.39, 0.29) is 11.9 Å². The normalized spacial score (nSPS) is 11.5. The molecule has 0 aliphatic carbocycles. The molecule has 0 unspecified atom stereocenters. The van der Waals surface area contributed by atoms with Gasteiger partial charge in [0.15, 0.2) is 5.58 Å². The number of oxazole rings is 1. The van der Waals surface area contributed by atoms with Crippen LogP contribution in [-0.2, 0) is 11.3 Å². The van der Waals surface area contributed by atoms with E-state index in [0.29, 0.717) is 30.3 Å². The zero-order valence-electron chi connectivity index (χ0n) is 12.7. The third-order valence-electron chi connectivity index (χ3n) is 3.08. The Balaban J connectivity index is 2.04. The van der Waals surface area contributed by atoms with Gasteiger partial charge in [-0.2, -0.15) is 0 Å². The van der Waals surface area contributed by atoms with E-state index in [1.165, 1.54) is 0 Å². The molecule has 1 aromatic heterocycles. The van der Waals surface area contributed by atoms with Crippen LogP contribution in [0.5, 0.6) is 0 Å². The zero-order chi connectivity index (χ0) is 15.4. The van der Waals surface area contributed by atoms with Crippen molar-refractivity contribution in [2.75, 3.05) is 18.8 Å². The molecule has 0 radical (unpaired) electrons. The van der Waals surface area contributed by atoms with Crippen LogP contribution >= 0.6 is 0 Å². The minimum Gasteiger partial charge on any atom is -0.439 e. The van der Waals surface area contributed by atoms with E-state index >= 15 is 0 Å². The number of carbonyl (C=O) groups excluding carboxylic acids is 1. The number of nitrogens with one attached hydrogen (secondary N) is 1. The Hall–Kier alpha value is -2.08. The Bertz CT molecular complexity index is 621. The largest absolute Gasteiger partial charge is 0.439 e. The van der Waals surface area contributed by atoms with Gasteiger partial charge in [0, 0.05) is 17.8 Å². The van der Waals surface area contributed by atoms with Gasteiger partial charge in [-0.15, -0.1) is 0 Å². The van der Waals surface area contributed by atoms with Crippen LogP contribution in [0.2, 0.25) is 0 Å². The fraction of sp³-hybridized carbons (Fsp3) is 0.467. The van der Waals surface area contributed by atoms with E-state index in [1.54, 1.807) is 12.1 Å². The number of fused-ring (bicyclic) bond motifs is 1. The minimum absolute atomic E-state index is 0.00667. The molecule has 2 rings (SSSR count). The number of likely N-dealkylation sites (N-methyl/N-ethyl adjacent to an activating group) is 1. The number of hydrogen-bond acceptors (Lipinski definition) is 5. The van der Waals surface area contributed by atoms with E-state index < -0.39 is 0 Å². The molecule has 0 aliphatic heterocycles. The number of amides is 1. The van der Waals surface area contributed by atoms with Crippen LogP contribution in [0.4, 0.5) is 5.69 Å². The first-order valence-corrected chi connectivity index (χ1v) is 7.14. The smallest absolute Gasteiger partial charge is 0.234 e. The molecule has 0 saturated carbocycles. The molecule has 1 aromatic carbocycles. The molecule has 0 aliphatic rings. The first-order valence-electron chi connectivity index (χ1n) is 7.14. The number of nitrogen functional groups attached to an aromatic ring is 1. The lowest BCUT2D eigenvalue weighted by Crippen LogP contribution is -2.39. The van der Waals surface area contributed by atoms with Gasteiger partial charge in [-0.25, -0.2) is 4.98 Å². The Morgan fingerprint density at radius 1 is 1.48 bits per heavy atom. The van der Waals surface area contributed by atoms with Crippen LogP contribution < -0.4 is 11.1 Å². The second kappa shape index (κ2) is 6.58. The summed E-state index contributed by atoms with van der Waals surface area (Å²) in [7, 11) is 0. The van der Waals surface area contributed by atoms with Gasteiger partial charge in [0.1, 0.15) is 5.52 Å². The quantitative estimate of drug-likeness (QED) is 0.792. The summed E-state index contributed by atoms with van der Waals surface area (Å²) in [4.78, 5) is 18.2. The molecular formula is C15H22N4O2. The van der Waals surface area contributed by atoms with E-state index in [9.17, 15) is 4.79 Å². The van der Waals surface area contributed by atoms with Crippen molar-refractivity contribution in [3.63, 3.8) is 0 Å². The molecule has 0 spiro atoms. The van der Waals surface area contributed by atoms with Gasteiger partial charge in [0.2, 0.25) is 11.8 Å². The molecule has 3 N–H and O–H groups in total. The number of carbonyl (C=O) groups is 1. The fourth-order valence-electron chi connectivity index (χ4n) is 2.10. The SMILES string of the molecule is CCN(CC(=O)NC(C)C)Cc1nc2ccc(N)cc2o1. The van der Waals surface area contributed by atoms with Gasteiger partial charge in [0.05, 0.1) is 13.1 Å². The molecule has 2 aromatic rings. The highest BCUT2D eigenvalue weighted by atomic mass is 16.3. The van der Waals surface area contributed by atoms with Gasteiger partial charge in [-0.05, 0) is 32.5 Å². The van der Waals surface area contributed by atoms with Crippen molar-refractivity contribution in [2.24, 2.45) is 0 Å². The summed E-state index contributed by atoms with van der Waals surface area (Å²) < 4.78 is 5.68. The number of nitrogens with zero attached hydrogens (tertiary/aromatic N) is 2. The van der Waals surface area contributed by atoms with Crippen molar-refractivity contribution in [1.29, 1.82) is 0 Å². The van der Waals surface area contributed by atoms with Crippen molar-refractivity contribution < 1.29 is 9.21 Å². The number of benzene rings is 1. The maximum absolute atomic E-state index is 11.8. The van der Waals surface area contributed by atoms with Gasteiger partial charge >= 0.3 is 0 Å². The average Bonchev–Trinajstić information content (AvgIpc) is 2.78. The summed E-state index contributed by atoms with van der Waals surface area (Å²) >= 11 is 0. The molecule has 21 heavy (non-hydrogen) atoms. The molecule has 114 valence electrons. The van der Waals surface area contributed by atoms with Crippen LogP contribution in [0, 0.1) is 0 Å². The van der Waals surface area contributed by atoms with Crippen LogP contribution in [-0.4, -0.2) is 34.9 Å². The van der Waals surface area contributed by atoms with Crippen molar-refractivity contribution in [3.05, 3.63) is 24.1 Å². The summed E-state index contributed by atoms with van der Waals surface area (Å²) in [6.45, 7) is 7.46. The molecular weight excluding hydrogens is 268 g/mol. The number of hydrogen-bond donors (Lipinski definition) is 2. The molecule has 0 fully saturated rings. The van der Waals surface area contributed by atoms with Crippen molar-refractivity contribution in [1.82, 2.24) is 15.2 Å². The van der Waals surface area contributed by atoms with Crippen LogP contribution in [0.25, 0.3) is 11.1 Å². The lowest BCUT2D eigenvalue weighted by atomic mass is 10.3. The highest BCUT2D eigenvalue weighted by Gasteiger charge is 2.14. The summed E-state index contributed by atoms with van der Waals surface area (Å²) in [5.41, 5.74) is 7.82. The molecule has 6 heteroatoms. The van der Waals surface area contributed by atoms with Crippen LogP contribution in [0.15, 0.2) is 22.6 Å². The molecule has 1 heterocycles. The third kappa shape index (κ3) is 4.19. The lowest BCUT2D eigenvalue weighted by Gasteiger charge is -2.18. The number of rotatable bonds is 6. The predicted octanol–water partition coefficient (Wildman–Crippen LogP) is 1.76. The Kier molecular flexibility index (Phi) is 4.80. The van der Waals surface area contributed by atoms with Gasteiger partial charge in [-0.3, -0.25) is 9.69 Å². The maximum atomic E-state index is 11.8. The second-order valence-electron chi connectivity index (χ2n) is 5.36. The minimum atomic E-state index is 0.00667. The summed E-state index contributed by atoms with van der Waals surface area (Å²) in [6, 6.07) is 5.53. The number of aromatic nitrogens is 1. The zero-order valence-corrected chi connectivity index (χ0v) is 12.7. The van der Waals surface area contributed by atoms with E-state index in [4.69, 9.17) is 10.2 Å². The van der Waals surface area contributed by atoms with Crippen LogP contribution in [0.3, 0.4) is 0 Å². The maximum Gasteiger partial charge on any atom is 0.234 e. The average molecular weight is 290 g/mol. The lowest BCUT2D eigenvalue weighted by molar-refractivity contribution is -0.122. The van der Waals surface area contributed by atoms with E-state index in [1.807, 2.05) is 31.7 Å². The van der Waals surface area contributed by atoms with E-state index in [2.05, 4.69) is 10.3 Å². The summed E-state index contributed by atoms with van der Waals surface area (Å²) in [5, 5.41) is 2.88. The number of nitrogens with two attached hydrogens (primary N) is 1. The van der Waals surface area contributed by atoms with Crippen LogP contribution in [0.1, 0.15) is 26.7 Å². The monoisotopic (exact) mass is 290 g/mol. The summed E-state index contributed by atoms with van der Waals surface area (Å²) in [5.74, 6) is 0.599. The Labute approximate surface area is 124 Å². The van der Waals surface area contributed by atoms with Gasteiger partial charge in [-0.1, -0.05) is 6.92 Å². The third-order valence-corrected chi connectivity index (χ3v) is 3.08. The first kappa shape index (κ1) is 15.3. The van der Waals surface area contributed by atoms with Gasteiger partial charge in [0.25, 0.3) is 0 Å². The standard InChI is InChI=1S/C15H22N4O2/c1-4-19(8-14(20)17-10(2)3)9-15-18-12-6-5-11(16)7-13(12)21-15/h5-7,10H,4,8-9,16H2,1-3H3,(H,17,20). The van der Waals surface area contributed by atoms with Crippen molar-refractivity contribution >= 4 is 22.7 Å². The van der Waals surface area contributed by atoms with Gasteiger partial charge < -0.3 is 15.5 Å². The van der Waals surface area contributed by atoms with E-state index in [0.717, 1.165) is 12.1 Å². The second-order valence-corrected chi connectivity index (χ2v) is 5.36.